The van der Waals surface area contributed by atoms with Crippen molar-refractivity contribution in [3.05, 3.63) is 33.7 Å². The van der Waals surface area contributed by atoms with Gasteiger partial charge < -0.3 is 9.30 Å². The summed E-state index contributed by atoms with van der Waals surface area (Å²) in [7, 11) is 0. The van der Waals surface area contributed by atoms with Gasteiger partial charge in [0.05, 0.1) is 12.6 Å². The van der Waals surface area contributed by atoms with Gasteiger partial charge in [0.2, 0.25) is 0 Å². The number of rotatable bonds is 2. The van der Waals surface area contributed by atoms with Crippen LogP contribution >= 0.6 is 0 Å². The molecular formula is C12H14N2O2. The largest absolute Gasteiger partial charge is 0.376 e. The van der Waals surface area contributed by atoms with Gasteiger partial charge in [0, 0.05) is 12.8 Å². The number of aromatic nitrogens is 1. The topological polar surface area (TPSA) is 55.0 Å². The molecule has 1 saturated heterocycles. The first-order chi connectivity index (χ1) is 7.72. The molecule has 1 aliphatic rings. The predicted octanol–water partition coefficient (Wildman–Crippen LogP) is 1.21. The summed E-state index contributed by atoms with van der Waals surface area (Å²) in [6, 6.07) is 3.76. The van der Waals surface area contributed by atoms with E-state index in [0.717, 1.165) is 25.0 Å². The standard InChI is InChI=1S/C12H14N2O2/c1-9-4-5-14(12(15)11(9)7-13)8-10-3-2-6-16-10/h4-5,10H,2-3,6,8H2,1H3/t10-/m1/s1. The van der Waals surface area contributed by atoms with Gasteiger partial charge in [-0.15, -0.1) is 0 Å². The molecule has 1 aromatic heterocycles. The Morgan fingerprint density at radius 2 is 2.50 bits per heavy atom. The molecule has 0 saturated carbocycles. The summed E-state index contributed by atoms with van der Waals surface area (Å²) < 4.78 is 7.04. The third-order valence-electron chi connectivity index (χ3n) is 2.91. The summed E-state index contributed by atoms with van der Waals surface area (Å²) in [5.74, 6) is 0. The van der Waals surface area contributed by atoms with Crippen LogP contribution in [-0.4, -0.2) is 17.3 Å². The van der Waals surface area contributed by atoms with E-state index in [1.807, 2.05) is 6.07 Å². The Morgan fingerprint density at radius 3 is 3.12 bits per heavy atom. The van der Waals surface area contributed by atoms with Crippen molar-refractivity contribution in [3.8, 4) is 6.07 Å². The molecule has 0 bridgehead atoms. The van der Waals surface area contributed by atoms with Gasteiger partial charge in [-0.05, 0) is 31.4 Å². The maximum absolute atomic E-state index is 11.9. The average Bonchev–Trinajstić information content (AvgIpc) is 2.76. The van der Waals surface area contributed by atoms with E-state index < -0.39 is 0 Å². The molecule has 84 valence electrons. The molecule has 0 aliphatic carbocycles. The Kier molecular flexibility index (Phi) is 3.07. The van der Waals surface area contributed by atoms with Crippen LogP contribution in [0.3, 0.4) is 0 Å². The minimum Gasteiger partial charge on any atom is -0.376 e. The van der Waals surface area contributed by atoms with Gasteiger partial charge in [0.1, 0.15) is 11.6 Å². The molecule has 4 nitrogen and oxygen atoms in total. The zero-order chi connectivity index (χ0) is 11.5. The quantitative estimate of drug-likeness (QED) is 0.749. The van der Waals surface area contributed by atoms with E-state index in [4.69, 9.17) is 10.00 Å². The van der Waals surface area contributed by atoms with Crippen molar-refractivity contribution in [1.29, 1.82) is 5.26 Å². The summed E-state index contributed by atoms with van der Waals surface area (Å²) in [6.07, 6.45) is 3.89. The molecule has 0 N–H and O–H groups in total. The molecule has 16 heavy (non-hydrogen) atoms. The van der Waals surface area contributed by atoms with Crippen molar-refractivity contribution in [1.82, 2.24) is 4.57 Å². The fourth-order valence-corrected chi connectivity index (χ4v) is 1.95. The number of hydrogen-bond acceptors (Lipinski definition) is 3. The smallest absolute Gasteiger partial charge is 0.268 e. The van der Waals surface area contributed by atoms with Crippen molar-refractivity contribution in [3.63, 3.8) is 0 Å². The molecule has 0 radical (unpaired) electrons. The second-order valence-corrected chi connectivity index (χ2v) is 4.08. The molecule has 2 rings (SSSR count). The normalized spacial score (nSPS) is 19.6. The number of pyridine rings is 1. The summed E-state index contributed by atoms with van der Waals surface area (Å²) in [5, 5.41) is 8.89. The molecule has 0 amide bonds. The lowest BCUT2D eigenvalue weighted by molar-refractivity contribution is 0.0961. The molecule has 4 heteroatoms. The highest BCUT2D eigenvalue weighted by atomic mass is 16.5. The van der Waals surface area contributed by atoms with Crippen molar-refractivity contribution in [2.24, 2.45) is 0 Å². The maximum Gasteiger partial charge on any atom is 0.268 e. The van der Waals surface area contributed by atoms with Crippen LogP contribution in [0.25, 0.3) is 0 Å². The minimum absolute atomic E-state index is 0.118. The Morgan fingerprint density at radius 1 is 1.69 bits per heavy atom. The van der Waals surface area contributed by atoms with E-state index in [9.17, 15) is 4.79 Å². The van der Waals surface area contributed by atoms with Gasteiger partial charge in [-0.25, -0.2) is 0 Å². The van der Waals surface area contributed by atoms with Crippen LogP contribution in [0.5, 0.6) is 0 Å². The lowest BCUT2D eigenvalue weighted by atomic mass is 10.1. The van der Waals surface area contributed by atoms with Gasteiger partial charge in [0.25, 0.3) is 5.56 Å². The zero-order valence-electron chi connectivity index (χ0n) is 9.27. The molecular weight excluding hydrogens is 204 g/mol. The van der Waals surface area contributed by atoms with Gasteiger partial charge in [-0.3, -0.25) is 4.79 Å². The van der Waals surface area contributed by atoms with E-state index in [1.165, 1.54) is 0 Å². The van der Waals surface area contributed by atoms with Crippen molar-refractivity contribution in [2.75, 3.05) is 6.61 Å². The Bertz CT molecular complexity index is 479. The average molecular weight is 218 g/mol. The molecule has 1 aromatic rings. The van der Waals surface area contributed by atoms with Crippen molar-refractivity contribution < 1.29 is 4.74 Å². The van der Waals surface area contributed by atoms with Crippen LogP contribution in [0.15, 0.2) is 17.1 Å². The summed E-state index contributed by atoms with van der Waals surface area (Å²) in [4.78, 5) is 11.9. The molecule has 1 atom stereocenters. The van der Waals surface area contributed by atoms with E-state index in [1.54, 1.807) is 23.8 Å². The Hall–Kier alpha value is -1.60. The number of aryl methyl sites for hydroxylation is 1. The fraction of sp³-hybridized carbons (Fsp3) is 0.500. The second kappa shape index (κ2) is 4.50. The van der Waals surface area contributed by atoms with Gasteiger partial charge in [0.15, 0.2) is 0 Å². The van der Waals surface area contributed by atoms with Crippen LogP contribution < -0.4 is 5.56 Å². The Balaban J connectivity index is 2.28. The van der Waals surface area contributed by atoms with E-state index in [-0.39, 0.29) is 17.2 Å². The molecule has 0 unspecified atom stereocenters. The SMILES string of the molecule is Cc1ccn(C[C@H]2CCCO2)c(=O)c1C#N. The minimum atomic E-state index is -0.210. The monoisotopic (exact) mass is 218 g/mol. The third kappa shape index (κ3) is 2.00. The first kappa shape index (κ1) is 10.9. The summed E-state index contributed by atoms with van der Waals surface area (Å²) in [5.41, 5.74) is 0.759. The number of nitriles is 1. The molecule has 1 aliphatic heterocycles. The van der Waals surface area contributed by atoms with Crippen molar-refractivity contribution >= 4 is 0 Å². The summed E-state index contributed by atoms with van der Waals surface area (Å²) >= 11 is 0. The first-order valence-electron chi connectivity index (χ1n) is 5.44. The molecule has 0 aromatic carbocycles. The van der Waals surface area contributed by atoms with E-state index >= 15 is 0 Å². The van der Waals surface area contributed by atoms with Gasteiger partial charge in [-0.2, -0.15) is 5.26 Å². The second-order valence-electron chi connectivity index (χ2n) is 4.08. The number of hydrogen-bond donors (Lipinski definition) is 0. The summed E-state index contributed by atoms with van der Waals surface area (Å²) in [6.45, 7) is 3.10. The van der Waals surface area contributed by atoms with Crippen LogP contribution in [0.4, 0.5) is 0 Å². The number of ether oxygens (including phenoxy) is 1. The lowest BCUT2D eigenvalue weighted by Crippen LogP contribution is -2.28. The maximum atomic E-state index is 11.9. The highest BCUT2D eigenvalue weighted by molar-refractivity contribution is 5.33. The fourth-order valence-electron chi connectivity index (χ4n) is 1.95. The predicted molar refractivity (Wildman–Crippen MR) is 59.1 cm³/mol. The molecule has 1 fully saturated rings. The van der Waals surface area contributed by atoms with Crippen LogP contribution in [0, 0.1) is 18.3 Å². The van der Waals surface area contributed by atoms with E-state index in [2.05, 4.69) is 0 Å². The first-order valence-corrected chi connectivity index (χ1v) is 5.44. The highest BCUT2D eigenvalue weighted by Gasteiger charge is 2.17. The van der Waals surface area contributed by atoms with Gasteiger partial charge in [-0.1, -0.05) is 0 Å². The lowest BCUT2D eigenvalue weighted by Gasteiger charge is -2.12. The van der Waals surface area contributed by atoms with Crippen LogP contribution in [-0.2, 0) is 11.3 Å². The van der Waals surface area contributed by atoms with Crippen LogP contribution in [0.1, 0.15) is 24.0 Å². The number of nitrogens with zero attached hydrogens (tertiary/aromatic N) is 2. The zero-order valence-corrected chi connectivity index (χ0v) is 9.27. The van der Waals surface area contributed by atoms with E-state index in [0.29, 0.717) is 6.54 Å². The third-order valence-corrected chi connectivity index (χ3v) is 2.91. The Labute approximate surface area is 94.1 Å². The van der Waals surface area contributed by atoms with Gasteiger partial charge >= 0.3 is 0 Å². The van der Waals surface area contributed by atoms with Crippen molar-refractivity contribution in [2.45, 2.75) is 32.4 Å². The van der Waals surface area contributed by atoms with Crippen LogP contribution in [0.2, 0.25) is 0 Å². The molecule has 0 spiro atoms. The molecule has 2 heterocycles. The highest BCUT2D eigenvalue weighted by Crippen LogP contribution is 2.13.